The molecule has 0 bridgehead atoms. The summed E-state index contributed by atoms with van der Waals surface area (Å²) < 4.78 is 0.848. The molecule has 174 valence electrons. The second-order valence-electron chi connectivity index (χ2n) is 8.74. The highest BCUT2D eigenvalue weighted by atomic mass is 79.9. The number of carbonyl (C=O) groups is 2. The van der Waals surface area contributed by atoms with Crippen LogP contribution in [-0.4, -0.2) is 58.8 Å². The highest BCUT2D eigenvalue weighted by Crippen LogP contribution is 2.39. The third-order valence-electron chi connectivity index (χ3n) is 6.66. The maximum Gasteiger partial charge on any atom is 0.243 e. The lowest BCUT2D eigenvalue weighted by atomic mass is 10.0. The van der Waals surface area contributed by atoms with Gasteiger partial charge in [0.2, 0.25) is 11.8 Å². The van der Waals surface area contributed by atoms with Crippen LogP contribution in [0.3, 0.4) is 0 Å². The molecule has 0 saturated carbocycles. The van der Waals surface area contributed by atoms with Gasteiger partial charge in [0.1, 0.15) is 5.82 Å². The molecule has 1 N–H and O–H groups in total. The third-order valence-corrected chi connectivity index (χ3v) is 8.56. The number of carbonyl (C=O) groups excluding carboxylic acids is 2. The molecular weight excluding hydrogens is 526 g/mol. The molecule has 5 rings (SSSR count). The molecule has 0 aliphatic carbocycles. The number of pyridine rings is 1. The maximum atomic E-state index is 12.4. The van der Waals surface area contributed by atoms with Gasteiger partial charge in [-0.25, -0.2) is 4.98 Å². The number of piperazine rings is 1. The lowest BCUT2D eigenvalue weighted by molar-refractivity contribution is -0.137. The number of hydrogen-bond acceptors (Lipinski definition) is 7. The first-order valence-electron chi connectivity index (χ1n) is 11.1. The summed E-state index contributed by atoms with van der Waals surface area (Å²) >= 11 is 14.6. The van der Waals surface area contributed by atoms with Crippen molar-refractivity contribution in [3.05, 3.63) is 56.6 Å². The molecule has 2 saturated heterocycles. The highest BCUT2D eigenvalue weighted by Gasteiger charge is 2.39. The van der Waals surface area contributed by atoms with E-state index >= 15 is 0 Å². The van der Waals surface area contributed by atoms with Crippen molar-refractivity contribution in [3.63, 3.8) is 0 Å². The number of fused-ring (bicyclic) bond motifs is 1. The average molecular weight is 551 g/mol. The van der Waals surface area contributed by atoms with Gasteiger partial charge in [-0.3, -0.25) is 24.7 Å². The predicted octanol–water partition coefficient (Wildman–Crippen LogP) is 3.37. The van der Waals surface area contributed by atoms with Crippen molar-refractivity contribution in [1.82, 2.24) is 20.1 Å². The van der Waals surface area contributed by atoms with Crippen molar-refractivity contribution in [1.29, 1.82) is 0 Å². The Morgan fingerprint density at radius 1 is 1.18 bits per heavy atom. The van der Waals surface area contributed by atoms with Gasteiger partial charge in [0.25, 0.3) is 0 Å². The summed E-state index contributed by atoms with van der Waals surface area (Å²) in [6.07, 6.45) is 2.67. The van der Waals surface area contributed by atoms with Crippen molar-refractivity contribution < 1.29 is 9.59 Å². The number of halogens is 2. The van der Waals surface area contributed by atoms with Crippen molar-refractivity contribution in [3.8, 4) is 0 Å². The number of amides is 2. The quantitative estimate of drug-likeness (QED) is 0.450. The molecule has 33 heavy (non-hydrogen) atoms. The van der Waals surface area contributed by atoms with Crippen LogP contribution in [0.4, 0.5) is 5.82 Å². The van der Waals surface area contributed by atoms with E-state index < -0.39 is 0 Å². The first-order chi connectivity index (χ1) is 15.9. The number of anilines is 1. The van der Waals surface area contributed by atoms with E-state index in [-0.39, 0.29) is 23.2 Å². The predicted molar refractivity (Wildman–Crippen MR) is 134 cm³/mol. The molecule has 10 heteroatoms. The van der Waals surface area contributed by atoms with E-state index in [0.717, 1.165) is 48.6 Å². The Labute approximate surface area is 212 Å². The molecule has 2 fully saturated rings. The molecule has 1 aromatic heterocycles. The summed E-state index contributed by atoms with van der Waals surface area (Å²) in [6.45, 7) is 5.20. The Morgan fingerprint density at radius 3 is 2.73 bits per heavy atom. The number of imide groups is 1. The summed E-state index contributed by atoms with van der Waals surface area (Å²) in [5, 5.41) is 3.00. The fourth-order valence-corrected chi connectivity index (χ4v) is 6.01. The summed E-state index contributed by atoms with van der Waals surface area (Å²) in [6, 6.07) is 8.02. The van der Waals surface area contributed by atoms with Crippen LogP contribution < -0.4 is 10.2 Å². The van der Waals surface area contributed by atoms with E-state index in [1.54, 1.807) is 12.3 Å². The normalized spacial score (nSPS) is 24.2. The standard InChI is InChI=1S/C23H25BrClN5O2S/c24-20-17(25)5-6-26-21(20)29-9-7-28(8-10-29)12-14-1-2-16-15(11-14)13-30(23(16)33)18-3-4-19(31)27-22(18)32/h1-2,5-6,11,18,23,33H,3-4,7-10,12-13H2,(H,27,31,32). The van der Waals surface area contributed by atoms with Crippen LogP contribution in [0.5, 0.6) is 0 Å². The van der Waals surface area contributed by atoms with E-state index in [1.807, 2.05) is 0 Å². The van der Waals surface area contributed by atoms with Gasteiger partial charge >= 0.3 is 0 Å². The summed E-state index contributed by atoms with van der Waals surface area (Å²) in [5.74, 6) is 0.495. The number of thiol groups is 1. The number of nitrogens with one attached hydrogen (secondary N) is 1. The van der Waals surface area contributed by atoms with Gasteiger partial charge in [0.15, 0.2) is 0 Å². The smallest absolute Gasteiger partial charge is 0.243 e. The first-order valence-corrected chi connectivity index (χ1v) is 12.8. The average Bonchev–Trinajstić information content (AvgIpc) is 3.12. The molecule has 2 amide bonds. The van der Waals surface area contributed by atoms with E-state index in [9.17, 15) is 9.59 Å². The Kier molecular flexibility index (Phi) is 6.68. The van der Waals surface area contributed by atoms with Gasteiger partial charge < -0.3 is 4.90 Å². The van der Waals surface area contributed by atoms with E-state index in [1.165, 1.54) is 11.1 Å². The molecule has 3 aliphatic heterocycles. The Balaban J connectivity index is 1.21. The van der Waals surface area contributed by atoms with Crippen molar-refractivity contribution in [2.75, 3.05) is 31.1 Å². The first kappa shape index (κ1) is 23.1. The number of benzene rings is 1. The van der Waals surface area contributed by atoms with Crippen LogP contribution in [0.2, 0.25) is 5.02 Å². The van der Waals surface area contributed by atoms with Crippen LogP contribution in [0, 0.1) is 0 Å². The van der Waals surface area contributed by atoms with Crippen LogP contribution in [0.25, 0.3) is 0 Å². The Morgan fingerprint density at radius 2 is 1.97 bits per heavy atom. The minimum absolute atomic E-state index is 0.134. The molecule has 2 aromatic rings. The zero-order valence-electron chi connectivity index (χ0n) is 18.0. The second-order valence-corrected chi connectivity index (χ2v) is 10.4. The molecule has 4 heterocycles. The molecule has 1 aromatic carbocycles. The number of rotatable bonds is 4. The number of piperidine rings is 1. The monoisotopic (exact) mass is 549 g/mol. The summed E-state index contributed by atoms with van der Waals surface area (Å²) in [7, 11) is 0. The molecule has 3 aliphatic rings. The second kappa shape index (κ2) is 9.54. The highest BCUT2D eigenvalue weighted by molar-refractivity contribution is 9.10. The lowest BCUT2D eigenvalue weighted by Gasteiger charge is -2.36. The van der Waals surface area contributed by atoms with Gasteiger partial charge in [0, 0.05) is 51.9 Å². The molecular formula is C23H25BrClN5O2S. The summed E-state index contributed by atoms with van der Waals surface area (Å²) in [4.78, 5) is 35.2. The van der Waals surface area contributed by atoms with Gasteiger partial charge in [-0.2, -0.15) is 12.6 Å². The number of nitrogens with zero attached hydrogens (tertiary/aromatic N) is 4. The van der Waals surface area contributed by atoms with E-state index in [0.29, 0.717) is 24.4 Å². The molecule has 0 radical (unpaired) electrons. The zero-order chi connectivity index (χ0) is 23.1. The zero-order valence-corrected chi connectivity index (χ0v) is 21.2. The largest absolute Gasteiger partial charge is 0.353 e. The van der Waals surface area contributed by atoms with Gasteiger partial charge in [-0.1, -0.05) is 29.8 Å². The lowest BCUT2D eigenvalue weighted by Crippen LogP contribution is -2.51. The maximum absolute atomic E-state index is 12.4. The summed E-state index contributed by atoms with van der Waals surface area (Å²) in [5.41, 5.74) is 3.62. The van der Waals surface area contributed by atoms with Crippen LogP contribution in [-0.2, 0) is 22.7 Å². The fourth-order valence-electron chi connectivity index (χ4n) is 4.89. The van der Waals surface area contributed by atoms with E-state index in [4.69, 9.17) is 24.2 Å². The topological polar surface area (TPSA) is 68.8 Å². The molecule has 2 atom stereocenters. The van der Waals surface area contributed by atoms with Gasteiger partial charge in [-0.05, 0) is 45.1 Å². The minimum Gasteiger partial charge on any atom is -0.353 e. The van der Waals surface area contributed by atoms with Gasteiger partial charge in [0.05, 0.1) is 20.9 Å². The van der Waals surface area contributed by atoms with Crippen molar-refractivity contribution >= 4 is 57.8 Å². The molecule has 2 unspecified atom stereocenters. The molecule has 0 spiro atoms. The minimum atomic E-state index is -0.312. The number of aromatic nitrogens is 1. The van der Waals surface area contributed by atoms with Crippen LogP contribution in [0.15, 0.2) is 34.9 Å². The van der Waals surface area contributed by atoms with Gasteiger partial charge in [-0.15, -0.1) is 0 Å². The van der Waals surface area contributed by atoms with Crippen LogP contribution >= 0.6 is 40.2 Å². The van der Waals surface area contributed by atoms with E-state index in [2.05, 4.69) is 59.1 Å². The number of hydrogen-bond donors (Lipinski definition) is 2. The van der Waals surface area contributed by atoms with Crippen LogP contribution in [0.1, 0.15) is 34.9 Å². The SMILES string of the molecule is O=C1CCC(N2Cc3cc(CN4CCN(c5nccc(Cl)c5Br)CC4)ccc3C2S)C(=O)N1. The Bertz CT molecular complexity index is 1090. The Hall–Kier alpha value is -1.65. The van der Waals surface area contributed by atoms with Crippen molar-refractivity contribution in [2.24, 2.45) is 0 Å². The third kappa shape index (κ3) is 4.66. The molecule has 7 nitrogen and oxygen atoms in total. The van der Waals surface area contributed by atoms with Crippen molar-refractivity contribution in [2.45, 2.75) is 37.3 Å². The fraction of sp³-hybridized carbons (Fsp3) is 0.435.